The number of hydrogen-bond acceptors (Lipinski definition) is 7. The lowest BCUT2D eigenvalue weighted by atomic mass is 9.84. The van der Waals surface area contributed by atoms with Gasteiger partial charge in [0.2, 0.25) is 5.91 Å². The van der Waals surface area contributed by atoms with Gasteiger partial charge in [-0.05, 0) is 68.0 Å². The van der Waals surface area contributed by atoms with Gasteiger partial charge >= 0.3 is 6.03 Å². The first kappa shape index (κ1) is 34.5. The summed E-state index contributed by atoms with van der Waals surface area (Å²) in [6, 6.07) is 8.54. The van der Waals surface area contributed by atoms with Gasteiger partial charge in [0.1, 0.15) is 16.8 Å². The Morgan fingerprint density at radius 3 is 2.27 bits per heavy atom. The molecule has 2 unspecified atom stereocenters. The van der Waals surface area contributed by atoms with Crippen molar-refractivity contribution in [2.45, 2.75) is 95.5 Å². The third-order valence-corrected chi connectivity index (χ3v) is 9.85. The molecule has 0 spiro atoms. The van der Waals surface area contributed by atoms with Gasteiger partial charge in [-0.25, -0.2) is 18.2 Å². The molecule has 2 aliphatic rings. The Balaban J connectivity index is 1.32. The van der Waals surface area contributed by atoms with E-state index >= 15 is 0 Å². The topological polar surface area (TPSA) is 142 Å². The third-order valence-electron chi connectivity index (χ3n) is 8.48. The lowest BCUT2D eigenvalue weighted by Crippen LogP contribution is -2.51. The van der Waals surface area contributed by atoms with Crippen LogP contribution in [0, 0.1) is 11.8 Å². The Morgan fingerprint density at radius 1 is 0.933 bits per heavy atom. The average Bonchev–Trinajstić information content (AvgIpc) is 3.02. The minimum Gasteiger partial charge on any atom is -0.378 e. The maximum absolute atomic E-state index is 13.3. The smallest absolute Gasteiger partial charge is 0.319 e. The molecule has 248 valence electrons. The standard InChI is InChI=1S/C33H50N6O5S/c1-24(2)8-7-9-25(3)35-32(40)30(22-26-10-5-4-6-11-26)37-33(41)36-27-12-14-28(15-13-27)38-45(42,43)29-16-17-31(34-23-29)39-18-20-44-21-19-39/h12-17,23-26,30,38H,4-11,18-22H2,1-3H3,(H,35,40)(H2,36,37,41). The van der Waals surface area contributed by atoms with Crippen LogP contribution < -0.4 is 25.6 Å². The van der Waals surface area contributed by atoms with E-state index in [1.807, 2.05) is 6.92 Å². The van der Waals surface area contributed by atoms with Crippen molar-refractivity contribution in [3.63, 3.8) is 0 Å². The molecule has 1 saturated carbocycles. The van der Waals surface area contributed by atoms with Gasteiger partial charge in [-0.2, -0.15) is 0 Å². The van der Waals surface area contributed by atoms with Crippen LogP contribution in [-0.4, -0.2) is 63.7 Å². The Hall–Kier alpha value is -3.38. The minimum atomic E-state index is -3.86. The van der Waals surface area contributed by atoms with E-state index in [-0.39, 0.29) is 16.8 Å². The van der Waals surface area contributed by atoms with Crippen LogP contribution >= 0.6 is 0 Å². The predicted octanol–water partition coefficient (Wildman–Crippen LogP) is 5.51. The number of benzene rings is 1. The number of ether oxygens (including phenoxy) is 1. The number of sulfonamides is 1. The first-order chi connectivity index (χ1) is 21.6. The second-order valence-electron chi connectivity index (χ2n) is 12.8. The molecule has 4 N–H and O–H groups in total. The molecule has 1 aliphatic carbocycles. The normalized spacial score (nSPS) is 17.4. The first-order valence-electron chi connectivity index (χ1n) is 16.4. The predicted molar refractivity (Wildman–Crippen MR) is 178 cm³/mol. The van der Waals surface area contributed by atoms with E-state index in [2.05, 4.69) is 44.4 Å². The number of carbonyl (C=O) groups is 2. The molecule has 45 heavy (non-hydrogen) atoms. The maximum Gasteiger partial charge on any atom is 0.319 e. The van der Waals surface area contributed by atoms with E-state index in [0.717, 1.165) is 44.9 Å². The van der Waals surface area contributed by atoms with Crippen LogP contribution in [0.1, 0.15) is 78.6 Å². The van der Waals surface area contributed by atoms with E-state index in [1.54, 1.807) is 30.3 Å². The number of aromatic nitrogens is 1. The van der Waals surface area contributed by atoms with Gasteiger partial charge < -0.3 is 25.6 Å². The molecule has 4 rings (SSSR count). The Kier molecular flexibility index (Phi) is 12.9. The van der Waals surface area contributed by atoms with Crippen LogP contribution in [0.5, 0.6) is 0 Å². The Labute approximate surface area is 268 Å². The summed E-state index contributed by atoms with van der Waals surface area (Å²) in [5.74, 6) is 1.59. The molecule has 0 bridgehead atoms. The van der Waals surface area contributed by atoms with Crippen molar-refractivity contribution in [2.75, 3.05) is 41.2 Å². The highest BCUT2D eigenvalue weighted by molar-refractivity contribution is 7.92. The number of hydrogen-bond donors (Lipinski definition) is 4. The molecule has 2 fully saturated rings. The quantitative estimate of drug-likeness (QED) is 0.213. The number of morpholine rings is 1. The molecule has 12 heteroatoms. The van der Waals surface area contributed by atoms with E-state index < -0.39 is 22.1 Å². The number of nitrogens with zero attached hydrogens (tertiary/aromatic N) is 2. The third kappa shape index (κ3) is 11.2. The van der Waals surface area contributed by atoms with E-state index in [9.17, 15) is 18.0 Å². The van der Waals surface area contributed by atoms with Gasteiger partial charge in [0.25, 0.3) is 10.0 Å². The lowest BCUT2D eigenvalue weighted by molar-refractivity contribution is -0.124. The summed E-state index contributed by atoms with van der Waals surface area (Å²) in [4.78, 5) is 32.7. The number of rotatable bonds is 14. The van der Waals surface area contributed by atoms with Gasteiger partial charge in [0.15, 0.2) is 0 Å². The zero-order chi connectivity index (χ0) is 32.2. The molecule has 11 nitrogen and oxygen atoms in total. The van der Waals surface area contributed by atoms with Gasteiger partial charge in [0.05, 0.1) is 13.2 Å². The van der Waals surface area contributed by atoms with E-state index in [0.29, 0.717) is 61.8 Å². The summed E-state index contributed by atoms with van der Waals surface area (Å²) >= 11 is 0. The average molecular weight is 643 g/mol. The Morgan fingerprint density at radius 2 is 1.62 bits per heavy atom. The van der Waals surface area contributed by atoms with Crippen LogP contribution in [0.15, 0.2) is 47.5 Å². The fourth-order valence-electron chi connectivity index (χ4n) is 5.91. The second-order valence-corrected chi connectivity index (χ2v) is 14.4. The highest BCUT2D eigenvalue weighted by atomic mass is 32.2. The van der Waals surface area contributed by atoms with Gasteiger partial charge in [-0.1, -0.05) is 58.8 Å². The summed E-state index contributed by atoms with van der Waals surface area (Å²) in [6.07, 6.45) is 10.7. The molecular formula is C33H50N6O5S. The molecule has 1 aromatic heterocycles. The van der Waals surface area contributed by atoms with Crippen LogP contribution in [-0.2, 0) is 19.6 Å². The van der Waals surface area contributed by atoms with Crippen molar-refractivity contribution in [2.24, 2.45) is 11.8 Å². The van der Waals surface area contributed by atoms with Crippen molar-refractivity contribution in [1.82, 2.24) is 15.6 Å². The molecule has 3 amide bonds. The van der Waals surface area contributed by atoms with Crippen molar-refractivity contribution >= 4 is 39.2 Å². The molecule has 1 aromatic carbocycles. The van der Waals surface area contributed by atoms with Crippen molar-refractivity contribution in [3.05, 3.63) is 42.6 Å². The van der Waals surface area contributed by atoms with Gasteiger partial charge in [-0.15, -0.1) is 0 Å². The highest BCUT2D eigenvalue weighted by Crippen LogP contribution is 2.28. The number of carbonyl (C=O) groups excluding carboxylic acids is 2. The molecule has 1 aliphatic heterocycles. The number of amides is 3. The fourth-order valence-corrected chi connectivity index (χ4v) is 6.91. The highest BCUT2D eigenvalue weighted by Gasteiger charge is 2.27. The number of urea groups is 1. The molecule has 2 heterocycles. The summed E-state index contributed by atoms with van der Waals surface area (Å²) in [5.41, 5.74) is 0.824. The van der Waals surface area contributed by atoms with E-state index in [1.165, 1.54) is 18.7 Å². The molecule has 1 saturated heterocycles. The van der Waals surface area contributed by atoms with Crippen molar-refractivity contribution in [3.8, 4) is 0 Å². The van der Waals surface area contributed by atoms with Crippen LogP contribution in [0.2, 0.25) is 0 Å². The molecule has 2 aromatic rings. The van der Waals surface area contributed by atoms with Crippen molar-refractivity contribution < 1.29 is 22.7 Å². The monoisotopic (exact) mass is 642 g/mol. The van der Waals surface area contributed by atoms with Crippen LogP contribution in [0.3, 0.4) is 0 Å². The molecular weight excluding hydrogens is 592 g/mol. The lowest BCUT2D eigenvalue weighted by Gasteiger charge is -2.27. The van der Waals surface area contributed by atoms with Crippen molar-refractivity contribution in [1.29, 1.82) is 0 Å². The molecule has 2 atom stereocenters. The zero-order valence-corrected chi connectivity index (χ0v) is 27.7. The largest absolute Gasteiger partial charge is 0.378 e. The number of anilines is 3. The van der Waals surface area contributed by atoms with Crippen LogP contribution in [0.4, 0.5) is 22.0 Å². The van der Waals surface area contributed by atoms with Gasteiger partial charge in [0, 0.05) is 36.7 Å². The Bertz CT molecular complexity index is 1320. The number of nitrogens with one attached hydrogen (secondary N) is 4. The summed E-state index contributed by atoms with van der Waals surface area (Å²) in [5, 5.41) is 8.81. The molecule has 0 radical (unpaired) electrons. The van der Waals surface area contributed by atoms with Crippen LogP contribution in [0.25, 0.3) is 0 Å². The zero-order valence-electron chi connectivity index (χ0n) is 26.9. The SMILES string of the molecule is CC(C)CCCC(C)NC(=O)C(CC1CCCCC1)NC(=O)Nc1ccc(NS(=O)(=O)c2ccc(N3CCOCC3)nc2)cc1. The van der Waals surface area contributed by atoms with E-state index in [4.69, 9.17) is 4.74 Å². The summed E-state index contributed by atoms with van der Waals surface area (Å²) < 4.78 is 33.8. The fraction of sp³-hybridized carbons (Fsp3) is 0.606. The maximum atomic E-state index is 13.3. The summed E-state index contributed by atoms with van der Waals surface area (Å²) in [7, 11) is -3.86. The van der Waals surface area contributed by atoms with Gasteiger partial charge in [-0.3, -0.25) is 9.52 Å². The first-order valence-corrected chi connectivity index (χ1v) is 17.9. The summed E-state index contributed by atoms with van der Waals surface area (Å²) in [6.45, 7) is 9.06. The number of pyridine rings is 1. The second kappa shape index (κ2) is 16.8. The minimum absolute atomic E-state index is 0.0322.